The van der Waals surface area contributed by atoms with Gasteiger partial charge in [-0.25, -0.2) is 9.97 Å². The van der Waals surface area contributed by atoms with Crippen LogP contribution < -0.4 is 9.64 Å². The van der Waals surface area contributed by atoms with Crippen LogP contribution >= 0.6 is 0 Å². The van der Waals surface area contributed by atoms with Crippen LogP contribution in [0.1, 0.15) is 42.4 Å². The van der Waals surface area contributed by atoms with Crippen molar-refractivity contribution < 1.29 is 4.74 Å². The first-order valence-corrected chi connectivity index (χ1v) is 11.3. The molecule has 0 spiro atoms. The van der Waals surface area contributed by atoms with Crippen LogP contribution in [-0.4, -0.2) is 47.0 Å². The van der Waals surface area contributed by atoms with E-state index in [1.165, 1.54) is 5.56 Å². The smallest absolute Gasteiger partial charge is 0.138 e. The van der Waals surface area contributed by atoms with Crippen LogP contribution in [0.15, 0.2) is 54.9 Å². The maximum atomic E-state index is 6.16. The molecule has 1 aromatic carbocycles. The van der Waals surface area contributed by atoms with Gasteiger partial charge in [-0.3, -0.25) is 9.88 Å². The van der Waals surface area contributed by atoms with E-state index in [-0.39, 0.29) is 5.41 Å². The number of pyridine rings is 1. The Morgan fingerprint density at radius 3 is 2.75 bits per heavy atom. The molecule has 32 heavy (non-hydrogen) atoms. The van der Waals surface area contributed by atoms with E-state index in [1.807, 2.05) is 44.6 Å². The van der Waals surface area contributed by atoms with Crippen LogP contribution in [0.25, 0.3) is 0 Å². The minimum absolute atomic E-state index is 0.0689. The molecule has 0 aliphatic carbocycles. The van der Waals surface area contributed by atoms with E-state index < -0.39 is 0 Å². The summed E-state index contributed by atoms with van der Waals surface area (Å²) in [6.07, 6.45) is 5.86. The van der Waals surface area contributed by atoms with Gasteiger partial charge in [0.15, 0.2) is 0 Å². The third kappa shape index (κ3) is 5.25. The van der Waals surface area contributed by atoms with E-state index in [2.05, 4.69) is 46.8 Å². The number of aromatic nitrogens is 3. The van der Waals surface area contributed by atoms with Gasteiger partial charge in [-0.2, -0.15) is 0 Å². The Bertz CT molecular complexity index is 1040. The summed E-state index contributed by atoms with van der Waals surface area (Å²) < 4.78 is 6.16. The highest BCUT2D eigenvalue weighted by atomic mass is 16.5. The molecule has 1 aliphatic rings. The zero-order chi connectivity index (χ0) is 22.6. The van der Waals surface area contributed by atoms with Gasteiger partial charge in [0.05, 0.1) is 0 Å². The molecule has 0 N–H and O–H groups in total. The lowest BCUT2D eigenvalue weighted by Crippen LogP contribution is -2.45. The standard InChI is InChI=1S/C26H33N5O/c1-20-15-24(30(3)4)29-25(28-20)26(2)12-8-14-31(19-26)17-22-10-5-6-11-23(22)32-18-21-9-7-13-27-16-21/h5-7,9-11,13,15-16H,8,12,14,17-19H2,1-4H3. The highest BCUT2D eigenvalue weighted by Crippen LogP contribution is 2.34. The van der Waals surface area contributed by atoms with Gasteiger partial charge in [0.25, 0.3) is 0 Å². The SMILES string of the molecule is Cc1cc(N(C)C)nc(C2(C)CCCN(Cc3ccccc3OCc3cccnc3)C2)n1. The van der Waals surface area contributed by atoms with Gasteiger partial charge in [-0.05, 0) is 38.4 Å². The number of anilines is 1. The molecular formula is C26H33N5O. The van der Waals surface area contributed by atoms with E-state index in [0.717, 1.165) is 61.1 Å². The summed E-state index contributed by atoms with van der Waals surface area (Å²) in [6.45, 7) is 7.73. The van der Waals surface area contributed by atoms with Crippen molar-refractivity contribution in [3.05, 3.63) is 77.5 Å². The van der Waals surface area contributed by atoms with Crippen LogP contribution in [0.2, 0.25) is 0 Å². The molecule has 0 amide bonds. The first kappa shape index (κ1) is 22.2. The van der Waals surface area contributed by atoms with Crippen molar-refractivity contribution in [3.8, 4) is 5.75 Å². The molecule has 6 nitrogen and oxygen atoms in total. The molecule has 168 valence electrons. The zero-order valence-corrected chi connectivity index (χ0v) is 19.6. The summed E-state index contributed by atoms with van der Waals surface area (Å²) >= 11 is 0. The quantitative estimate of drug-likeness (QED) is 0.553. The van der Waals surface area contributed by atoms with Gasteiger partial charge >= 0.3 is 0 Å². The van der Waals surface area contributed by atoms with Gasteiger partial charge < -0.3 is 9.64 Å². The average molecular weight is 432 g/mol. The van der Waals surface area contributed by atoms with E-state index in [9.17, 15) is 0 Å². The van der Waals surface area contributed by atoms with E-state index in [1.54, 1.807) is 6.20 Å². The fourth-order valence-corrected chi connectivity index (χ4v) is 4.37. The van der Waals surface area contributed by atoms with Crippen LogP contribution in [0, 0.1) is 6.92 Å². The number of hydrogen-bond acceptors (Lipinski definition) is 6. The third-order valence-electron chi connectivity index (χ3n) is 6.10. The number of para-hydroxylation sites is 1. The van der Waals surface area contributed by atoms with Crippen LogP contribution in [-0.2, 0) is 18.6 Å². The molecule has 6 heteroatoms. The Morgan fingerprint density at radius 2 is 1.97 bits per heavy atom. The molecule has 1 fully saturated rings. The fourth-order valence-electron chi connectivity index (χ4n) is 4.37. The molecule has 0 saturated carbocycles. The first-order valence-electron chi connectivity index (χ1n) is 11.3. The molecule has 2 aromatic heterocycles. The van der Waals surface area contributed by atoms with Crippen molar-refractivity contribution in [2.75, 3.05) is 32.1 Å². The molecular weight excluding hydrogens is 398 g/mol. The number of benzene rings is 1. The highest BCUT2D eigenvalue weighted by Gasteiger charge is 2.36. The molecule has 1 unspecified atom stereocenters. The predicted molar refractivity (Wildman–Crippen MR) is 128 cm³/mol. The maximum Gasteiger partial charge on any atom is 0.138 e. The minimum Gasteiger partial charge on any atom is -0.489 e. The molecule has 4 rings (SSSR count). The molecule has 1 aliphatic heterocycles. The topological polar surface area (TPSA) is 54.4 Å². The summed E-state index contributed by atoms with van der Waals surface area (Å²) in [5, 5.41) is 0. The lowest BCUT2D eigenvalue weighted by atomic mass is 9.80. The number of aryl methyl sites for hydroxylation is 1. The molecule has 3 aromatic rings. The predicted octanol–water partition coefficient (Wildman–Crippen LogP) is 4.38. The van der Waals surface area contributed by atoms with Crippen molar-refractivity contribution in [1.82, 2.24) is 19.9 Å². The first-order chi connectivity index (χ1) is 15.4. The second-order valence-corrected chi connectivity index (χ2v) is 9.22. The number of nitrogens with zero attached hydrogens (tertiary/aromatic N) is 5. The molecule has 1 saturated heterocycles. The fraction of sp³-hybridized carbons (Fsp3) is 0.423. The second-order valence-electron chi connectivity index (χ2n) is 9.22. The Balaban J connectivity index is 1.49. The number of likely N-dealkylation sites (tertiary alicyclic amines) is 1. The Hall–Kier alpha value is -2.99. The lowest BCUT2D eigenvalue weighted by molar-refractivity contribution is 0.142. The summed E-state index contributed by atoms with van der Waals surface area (Å²) in [5.74, 6) is 2.86. The van der Waals surface area contributed by atoms with E-state index >= 15 is 0 Å². The number of rotatable bonds is 7. The normalized spacial score (nSPS) is 19.0. The second kappa shape index (κ2) is 9.65. The van der Waals surface area contributed by atoms with Crippen molar-refractivity contribution in [2.45, 2.75) is 45.3 Å². The highest BCUT2D eigenvalue weighted by molar-refractivity contribution is 5.39. The Morgan fingerprint density at radius 1 is 1.12 bits per heavy atom. The van der Waals surface area contributed by atoms with Gasteiger partial charge in [0, 0.05) is 67.9 Å². The van der Waals surface area contributed by atoms with Crippen molar-refractivity contribution >= 4 is 5.82 Å². The minimum atomic E-state index is -0.0689. The van der Waals surface area contributed by atoms with Gasteiger partial charge in [-0.15, -0.1) is 0 Å². The Labute approximate surface area is 191 Å². The molecule has 3 heterocycles. The monoisotopic (exact) mass is 431 g/mol. The van der Waals surface area contributed by atoms with Crippen molar-refractivity contribution in [3.63, 3.8) is 0 Å². The number of ether oxygens (including phenoxy) is 1. The van der Waals surface area contributed by atoms with Crippen LogP contribution in [0.4, 0.5) is 5.82 Å². The van der Waals surface area contributed by atoms with E-state index in [0.29, 0.717) is 6.61 Å². The van der Waals surface area contributed by atoms with Crippen LogP contribution in [0.3, 0.4) is 0 Å². The van der Waals surface area contributed by atoms with Gasteiger partial charge in [0.1, 0.15) is 24.0 Å². The number of hydrogen-bond donors (Lipinski definition) is 0. The number of piperidine rings is 1. The summed E-state index contributed by atoms with van der Waals surface area (Å²) in [7, 11) is 4.06. The van der Waals surface area contributed by atoms with Crippen molar-refractivity contribution in [2.24, 2.45) is 0 Å². The molecule has 1 atom stereocenters. The third-order valence-corrected chi connectivity index (χ3v) is 6.10. The Kier molecular flexibility index (Phi) is 6.70. The van der Waals surface area contributed by atoms with E-state index in [4.69, 9.17) is 14.7 Å². The summed E-state index contributed by atoms with van der Waals surface area (Å²) in [4.78, 5) is 18.5. The van der Waals surface area contributed by atoms with Gasteiger partial charge in [0.2, 0.25) is 0 Å². The maximum absolute atomic E-state index is 6.16. The lowest BCUT2D eigenvalue weighted by Gasteiger charge is -2.40. The van der Waals surface area contributed by atoms with Crippen LogP contribution in [0.5, 0.6) is 5.75 Å². The zero-order valence-electron chi connectivity index (χ0n) is 19.6. The average Bonchev–Trinajstić information content (AvgIpc) is 2.79. The molecule has 0 bridgehead atoms. The summed E-state index contributed by atoms with van der Waals surface area (Å²) in [5.41, 5.74) is 3.23. The largest absolute Gasteiger partial charge is 0.489 e. The summed E-state index contributed by atoms with van der Waals surface area (Å²) in [6, 6.07) is 14.4. The molecule has 0 radical (unpaired) electrons. The van der Waals surface area contributed by atoms with Crippen molar-refractivity contribution in [1.29, 1.82) is 0 Å². The van der Waals surface area contributed by atoms with Gasteiger partial charge in [-0.1, -0.05) is 31.2 Å².